The standard InChI is InChI=1S/C13H15N3/c1-9-4-5-10(2)12(6-9)13-15-7-11(14-3)8-16-13/h4-8,14H,1-3H3. The van der Waals surface area contributed by atoms with Crippen molar-refractivity contribution in [1.82, 2.24) is 9.97 Å². The van der Waals surface area contributed by atoms with Gasteiger partial charge in [0.25, 0.3) is 0 Å². The van der Waals surface area contributed by atoms with E-state index < -0.39 is 0 Å². The highest BCUT2D eigenvalue weighted by molar-refractivity contribution is 5.61. The molecular weight excluding hydrogens is 198 g/mol. The second-order valence-electron chi connectivity index (χ2n) is 3.86. The second-order valence-corrected chi connectivity index (χ2v) is 3.86. The maximum absolute atomic E-state index is 4.35. The topological polar surface area (TPSA) is 37.8 Å². The van der Waals surface area contributed by atoms with E-state index in [0.29, 0.717) is 0 Å². The molecular formula is C13H15N3. The van der Waals surface area contributed by atoms with E-state index in [1.807, 2.05) is 7.05 Å². The molecule has 82 valence electrons. The molecule has 0 aliphatic heterocycles. The summed E-state index contributed by atoms with van der Waals surface area (Å²) in [6.45, 7) is 4.15. The molecule has 1 N–H and O–H groups in total. The first-order valence-electron chi connectivity index (χ1n) is 5.28. The maximum atomic E-state index is 4.35. The number of aryl methyl sites for hydroxylation is 2. The molecule has 0 bridgehead atoms. The van der Waals surface area contributed by atoms with Gasteiger partial charge in [0.05, 0.1) is 18.1 Å². The lowest BCUT2D eigenvalue weighted by Gasteiger charge is -2.06. The molecule has 0 saturated heterocycles. The predicted molar refractivity (Wildman–Crippen MR) is 66.5 cm³/mol. The van der Waals surface area contributed by atoms with Gasteiger partial charge in [-0.05, 0) is 25.5 Å². The molecule has 0 fully saturated rings. The lowest BCUT2D eigenvalue weighted by molar-refractivity contribution is 1.16. The van der Waals surface area contributed by atoms with Crippen LogP contribution in [0.4, 0.5) is 5.69 Å². The molecule has 1 aromatic carbocycles. The van der Waals surface area contributed by atoms with Crippen molar-refractivity contribution in [2.24, 2.45) is 0 Å². The Morgan fingerprint density at radius 2 is 1.75 bits per heavy atom. The minimum Gasteiger partial charge on any atom is -0.386 e. The van der Waals surface area contributed by atoms with E-state index in [1.165, 1.54) is 11.1 Å². The molecule has 0 aliphatic rings. The van der Waals surface area contributed by atoms with Gasteiger partial charge in [-0.2, -0.15) is 0 Å². The Balaban J connectivity index is 2.45. The summed E-state index contributed by atoms with van der Waals surface area (Å²) in [4.78, 5) is 8.70. The van der Waals surface area contributed by atoms with Gasteiger partial charge in [-0.25, -0.2) is 9.97 Å². The molecule has 0 unspecified atom stereocenters. The quantitative estimate of drug-likeness (QED) is 0.833. The monoisotopic (exact) mass is 213 g/mol. The smallest absolute Gasteiger partial charge is 0.159 e. The number of benzene rings is 1. The third kappa shape index (κ3) is 2.03. The Labute approximate surface area is 95.6 Å². The summed E-state index contributed by atoms with van der Waals surface area (Å²) in [5, 5.41) is 3.01. The highest BCUT2D eigenvalue weighted by atomic mass is 14.9. The maximum Gasteiger partial charge on any atom is 0.159 e. The molecule has 3 nitrogen and oxygen atoms in total. The first kappa shape index (κ1) is 10.6. The zero-order chi connectivity index (χ0) is 11.5. The van der Waals surface area contributed by atoms with Crippen LogP contribution in [0.5, 0.6) is 0 Å². The van der Waals surface area contributed by atoms with Gasteiger partial charge in [-0.1, -0.05) is 17.7 Å². The average Bonchev–Trinajstić information content (AvgIpc) is 2.32. The van der Waals surface area contributed by atoms with Crippen molar-refractivity contribution in [1.29, 1.82) is 0 Å². The van der Waals surface area contributed by atoms with Gasteiger partial charge in [-0.3, -0.25) is 0 Å². The van der Waals surface area contributed by atoms with Gasteiger partial charge >= 0.3 is 0 Å². The molecule has 3 heteroatoms. The van der Waals surface area contributed by atoms with E-state index in [1.54, 1.807) is 12.4 Å². The van der Waals surface area contributed by atoms with Gasteiger partial charge in [0.1, 0.15) is 0 Å². The minimum atomic E-state index is 0.778. The molecule has 0 spiro atoms. The molecule has 16 heavy (non-hydrogen) atoms. The largest absolute Gasteiger partial charge is 0.386 e. The summed E-state index contributed by atoms with van der Waals surface area (Å²) in [6, 6.07) is 6.31. The Bertz CT molecular complexity index is 489. The fraction of sp³-hybridized carbons (Fsp3) is 0.231. The first-order valence-corrected chi connectivity index (χ1v) is 5.28. The lowest BCUT2D eigenvalue weighted by Crippen LogP contribution is -1.95. The summed E-state index contributed by atoms with van der Waals surface area (Å²) in [5.41, 5.74) is 4.45. The molecule has 0 atom stereocenters. The van der Waals surface area contributed by atoms with Crippen LogP contribution in [0.15, 0.2) is 30.6 Å². The van der Waals surface area contributed by atoms with E-state index in [9.17, 15) is 0 Å². The third-order valence-corrected chi connectivity index (χ3v) is 2.57. The van der Waals surface area contributed by atoms with E-state index in [2.05, 4.69) is 47.3 Å². The summed E-state index contributed by atoms with van der Waals surface area (Å²) in [5.74, 6) is 0.778. The van der Waals surface area contributed by atoms with Gasteiger partial charge < -0.3 is 5.32 Å². The van der Waals surface area contributed by atoms with Crippen LogP contribution in [0.2, 0.25) is 0 Å². The van der Waals surface area contributed by atoms with Crippen LogP contribution >= 0.6 is 0 Å². The number of aromatic nitrogens is 2. The van der Waals surface area contributed by atoms with Crippen LogP contribution in [-0.2, 0) is 0 Å². The van der Waals surface area contributed by atoms with Crippen LogP contribution in [0.1, 0.15) is 11.1 Å². The van der Waals surface area contributed by atoms with Gasteiger partial charge in [0.2, 0.25) is 0 Å². The number of anilines is 1. The van der Waals surface area contributed by atoms with Crippen molar-refractivity contribution in [3.8, 4) is 11.4 Å². The zero-order valence-electron chi connectivity index (χ0n) is 9.78. The van der Waals surface area contributed by atoms with Crippen LogP contribution in [0.3, 0.4) is 0 Å². The molecule has 1 heterocycles. The summed E-state index contributed by atoms with van der Waals surface area (Å²) >= 11 is 0. The highest BCUT2D eigenvalue weighted by Gasteiger charge is 2.04. The van der Waals surface area contributed by atoms with Gasteiger partial charge in [-0.15, -0.1) is 0 Å². The average molecular weight is 213 g/mol. The normalized spacial score (nSPS) is 10.2. The molecule has 0 saturated carbocycles. The summed E-state index contributed by atoms with van der Waals surface area (Å²) in [7, 11) is 1.86. The molecule has 1 aromatic heterocycles. The van der Waals surface area contributed by atoms with Crippen LogP contribution in [-0.4, -0.2) is 17.0 Å². The van der Waals surface area contributed by atoms with Crippen molar-refractivity contribution in [3.05, 3.63) is 41.7 Å². The molecule has 0 amide bonds. The zero-order valence-corrected chi connectivity index (χ0v) is 9.78. The lowest BCUT2D eigenvalue weighted by atomic mass is 10.1. The van der Waals surface area contributed by atoms with E-state index in [-0.39, 0.29) is 0 Å². The van der Waals surface area contributed by atoms with Crippen molar-refractivity contribution in [3.63, 3.8) is 0 Å². The molecule has 0 radical (unpaired) electrons. The highest BCUT2D eigenvalue weighted by Crippen LogP contribution is 2.21. The number of rotatable bonds is 2. The van der Waals surface area contributed by atoms with E-state index in [4.69, 9.17) is 0 Å². The van der Waals surface area contributed by atoms with Crippen LogP contribution in [0.25, 0.3) is 11.4 Å². The number of hydrogen-bond donors (Lipinski definition) is 1. The van der Waals surface area contributed by atoms with Crippen molar-refractivity contribution >= 4 is 5.69 Å². The second kappa shape index (κ2) is 4.31. The first-order chi connectivity index (χ1) is 7.70. The molecule has 2 rings (SSSR count). The SMILES string of the molecule is CNc1cnc(-c2cc(C)ccc2C)nc1. The predicted octanol–water partition coefficient (Wildman–Crippen LogP) is 2.80. The van der Waals surface area contributed by atoms with E-state index in [0.717, 1.165) is 17.1 Å². The Kier molecular flexibility index (Phi) is 2.86. The number of nitrogens with one attached hydrogen (secondary N) is 1. The Hall–Kier alpha value is -1.90. The van der Waals surface area contributed by atoms with E-state index >= 15 is 0 Å². The minimum absolute atomic E-state index is 0.778. The van der Waals surface area contributed by atoms with Crippen molar-refractivity contribution in [2.75, 3.05) is 12.4 Å². The fourth-order valence-corrected chi connectivity index (χ4v) is 1.57. The summed E-state index contributed by atoms with van der Waals surface area (Å²) < 4.78 is 0. The van der Waals surface area contributed by atoms with Gasteiger partial charge in [0, 0.05) is 12.6 Å². The van der Waals surface area contributed by atoms with Gasteiger partial charge in [0.15, 0.2) is 5.82 Å². The number of hydrogen-bond acceptors (Lipinski definition) is 3. The third-order valence-electron chi connectivity index (χ3n) is 2.57. The summed E-state index contributed by atoms with van der Waals surface area (Å²) in [6.07, 6.45) is 3.59. The fourth-order valence-electron chi connectivity index (χ4n) is 1.57. The van der Waals surface area contributed by atoms with Crippen molar-refractivity contribution in [2.45, 2.75) is 13.8 Å². The van der Waals surface area contributed by atoms with Crippen LogP contribution < -0.4 is 5.32 Å². The van der Waals surface area contributed by atoms with Crippen LogP contribution in [0, 0.1) is 13.8 Å². The Morgan fingerprint density at radius 3 is 2.38 bits per heavy atom. The Morgan fingerprint density at radius 1 is 1.06 bits per heavy atom. The molecule has 2 aromatic rings. The number of nitrogens with zero attached hydrogens (tertiary/aromatic N) is 2. The molecule has 0 aliphatic carbocycles. The van der Waals surface area contributed by atoms with Crippen molar-refractivity contribution < 1.29 is 0 Å².